The Hall–Kier alpha value is -6.71. The first kappa shape index (κ1) is 33.6. The summed E-state index contributed by atoms with van der Waals surface area (Å²) in [6.45, 7) is 2.39. The quantitative estimate of drug-likeness (QED) is 0.195. The van der Waals surface area contributed by atoms with Gasteiger partial charge in [0, 0.05) is 27.9 Å². The van der Waals surface area contributed by atoms with Gasteiger partial charge < -0.3 is 10.1 Å². The van der Waals surface area contributed by atoms with Gasteiger partial charge in [-0.2, -0.15) is 0 Å². The van der Waals surface area contributed by atoms with Gasteiger partial charge in [-0.05, 0) is 112 Å². The van der Waals surface area contributed by atoms with Gasteiger partial charge in [-0.15, -0.1) is 0 Å². The summed E-state index contributed by atoms with van der Waals surface area (Å²) < 4.78 is 6.66. The van der Waals surface area contributed by atoms with Crippen LogP contribution in [0.25, 0.3) is 27.8 Å². The molecule has 7 aromatic rings. The minimum absolute atomic E-state index is 0.208. The van der Waals surface area contributed by atoms with E-state index < -0.39 is 5.41 Å². The van der Waals surface area contributed by atoms with Crippen molar-refractivity contribution in [2.45, 2.75) is 37.8 Å². The molecule has 0 saturated carbocycles. The minimum Gasteiger partial charge on any atom is -0.457 e. The van der Waals surface area contributed by atoms with Crippen molar-refractivity contribution >= 4 is 17.0 Å². The fourth-order valence-corrected chi connectivity index (χ4v) is 9.79. The van der Waals surface area contributed by atoms with E-state index in [2.05, 4.69) is 194 Å². The van der Waals surface area contributed by atoms with Gasteiger partial charge in [0.1, 0.15) is 17.7 Å². The molecule has 57 heavy (non-hydrogen) atoms. The standard InChI is InChI=1S/C54H42N2O/c1-35-14-11-22-42-43-30-29-40(34-48(43)54(45(42)31-28-35)46-23-6-9-26-50(46)57-51-27-10-7-24-47(51)54)38-18-12-17-37(32-38)39-19-13-20-41(33-39)53-55-49-25-8-5-21-44(49)52(56-53)36-15-3-2-4-16-36/h2-13,15-27,29-30,32-35,53,55H,14,28,31H2,1H3/b22-11-. The summed E-state index contributed by atoms with van der Waals surface area (Å²) in [5, 5.41) is 3.72. The summed E-state index contributed by atoms with van der Waals surface area (Å²) >= 11 is 0. The van der Waals surface area contributed by atoms with E-state index in [1.165, 1.54) is 55.7 Å². The van der Waals surface area contributed by atoms with Gasteiger partial charge in [-0.1, -0.05) is 153 Å². The number of ether oxygens (including phenoxy) is 1. The number of benzene rings is 7. The zero-order valence-electron chi connectivity index (χ0n) is 32.0. The zero-order valence-corrected chi connectivity index (χ0v) is 32.0. The largest absolute Gasteiger partial charge is 0.457 e. The summed E-state index contributed by atoms with van der Waals surface area (Å²) in [6.07, 6.45) is 7.91. The molecule has 3 heteroatoms. The number of anilines is 1. The van der Waals surface area contributed by atoms with Crippen LogP contribution in [0.5, 0.6) is 11.5 Å². The molecule has 0 aromatic heterocycles. The van der Waals surface area contributed by atoms with E-state index in [0.29, 0.717) is 5.92 Å². The van der Waals surface area contributed by atoms with Crippen molar-refractivity contribution in [2.24, 2.45) is 10.9 Å². The highest BCUT2D eigenvalue weighted by Gasteiger charge is 2.52. The van der Waals surface area contributed by atoms with Crippen LogP contribution in [0.3, 0.4) is 0 Å². The maximum atomic E-state index is 6.66. The van der Waals surface area contributed by atoms with E-state index in [-0.39, 0.29) is 6.17 Å². The van der Waals surface area contributed by atoms with Gasteiger partial charge in [-0.25, -0.2) is 0 Å². The van der Waals surface area contributed by atoms with E-state index in [1.807, 2.05) is 0 Å². The molecule has 0 radical (unpaired) electrons. The molecule has 2 heterocycles. The molecule has 1 N–H and O–H groups in total. The Kier molecular flexibility index (Phi) is 7.96. The Morgan fingerprint density at radius 2 is 1.23 bits per heavy atom. The lowest BCUT2D eigenvalue weighted by atomic mass is 9.64. The summed E-state index contributed by atoms with van der Waals surface area (Å²) in [4.78, 5) is 5.30. The van der Waals surface area contributed by atoms with Gasteiger partial charge in [0.05, 0.1) is 11.1 Å². The minimum atomic E-state index is -0.440. The summed E-state index contributed by atoms with van der Waals surface area (Å²) in [5.74, 6) is 2.51. The van der Waals surface area contributed by atoms with Gasteiger partial charge in [0.15, 0.2) is 0 Å². The van der Waals surface area contributed by atoms with E-state index in [9.17, 15) is 0 Å². The average Bonchev–Trinajstić information content (AvgIpc) is 3.52. The van der Waals surface area contributed by atoms with Crippen LogP contribution in [-0.2, 0) is 5.41 Å². The van der Waals surface area contributed by atoms with Crippen molar-refractivity contribution in [1.82, 2.24) is 0 Å². The van der Waals surface area contributed by atoms with Crippen LogP contribution < -0.4 is 10.1 Å². The fraction of sp³-hybridized carbons (Fsp3) is 0.130. The Labute approximate surface area is 334 Å². The number of para-hydroxylation sites is 3. The lowest BCUT2D eigenvalue weighted by Gasteiger charge is -2.41. The van der Waals surface area contributed by atoms with Crippen LogP contribution in [0.4, 0.5) is 5.69 Å². The van der Waals surface area contributed by atoms with Gasteiger partial charge in [0.2, 0.25) is 0 Å². The predicted octanol–water partition coefficient (Wildman–Crippen LogP) is 13.6. The van der Waals surface area contributed by atoms with Crippen molar-refractivity contribution in [2.75, 3.05) is 5.32 Å². The molecule has 0 saturated heterocycles. The van der Waals surface area contributed by atoms with Crippen molar-refractivity contribution in [3.63, 3.8) is 0 Å². The monoisotopic (exact) mass is 734 g/mol. The van der Waals surface area contributed by atoms with E-state index in [0.717, 1.165) is 58.9 Å². The molecule has 2 unspecified atom stereocenters. The Bertz CT molecular complexity index is 2760. The molecule has 0 amide bonds. The van der Waals surface area contributed by atoms with Crippen LogP contribution in [0.1, 0.15) is 71.3 Å². The molecule has 0 fully saturated rings. The highest BCUT2D eigenvalue weighted by Crippen LogP contribution is 2.63. The fourth-order valence-electron chi connectivity index (χ4n) is 9.79. The second kappa shape index (κ2) is 13.5. The molecular weight excluding hydrogens is 693 g/mol. The van der Waals surface area contributed by atoms with Crippen molar-refractivity contribution in [3.8, 4) is 33.8 Å². The second-order valence-corrected chi connectivity index (χ2v) is 15.9. The molecular formula is C54H42N2O. The number of hydrogen-bond donors (Lipinski definition) is 1. The molecule has 2 atom stereocenters. The first-order chi connectivity index (χ1) is 28.1. The molecule has 11 rings (SSSR count). The van der Waals surface area contributed by atoms with E-state index in [4.69, 9.17) is 9.73 Å². The topological polar surface area (TPSA) is 33.6 Å². The average molecular weight is 735 g/mol. The lowest BCUT2D eigenvalue weighted by molar-refractivity contribution is 0.427. The number of nitrogens with zero attached hydrogens (tertiary/aromatic N) is 1. The second-order valence-electron chi connectivity index (χ2n) is 15.9. The predicted molar refractivity (Wildman–Crippen MR) is 234 cm³/mol. The van der Waals surface area contributed by atoms with Crippen LogP contribution in [0.2, 0.25) is 0 Å². The number of aliphatic imine (C=N–C) groups is 1. The first-order valence-corrected chi connectivity index (χ1v) is 20.3. The van der Waals surface area contributed by atoms with Crippen molar-refractivity contribution in [3.05, 3.63) is 227 Å². The number of rotatable bonds is 4. The molecule has 2 aliphatic heterocycles. The third-order valence-corrected chi connectivity index (χ3v) is 12.5. The van der Waals surface area contributed by atoms with Gasteiger partial charge in [-0.3, -0.25) is 4.99 Å². The summed E-state index contributed by atoms with van der Waals surface area (Å²) in [7, 11) is 0. The summed E-state index contributed by atoms with van der Waals surface area (Å²) in [6, 6.07) is 61.5. The summed E-state index contributed by atoms with van der Waals surface area (Å²) in [5.41, 5.74) is 17.8. The van der Waals surface area contributed by atoms with Crippen LogP contribution in [0.15, 0.2) is 193 Å². The Balaban J connectivity index is 1.02. The number of nitrogens with one attached hydrogen (secondary N) is 1. The van der Waals surface area contributed by atoms with E-state index >= 15 is 0 Å². The molecule has 2 aliphatic carbocycles. The van der Waals surface area contributed by atoms with Crippen LogP contribution in [0, 0.1) is 5.92 Å². The molecule has 3 nitrogen and oxygen atoms in total. The van der Waals surface area contributed by atoms with E-state index in [1.54, 1.807) is 0 Å². The zero-order chi connectivity index (χ0) is 37.9. The van der Waals surface area contributed by atoms with Gasteiger partial charge in [0.25, 0.3) is 0 Å². The van der Waals surface area contributed by atoms with Crippen molar-refractivity contribution < 1.29 is 4.74 Å². The van der Waals surface area contributed by atoms with Crippen molar-refractivity contribution in [1.29, 1.82) is 0 Å². The third kappa shape index (κ3) is 5.44. The third-order valence-electron chi connectivity index (χ3n) is 12.5. The molecule has 4 aliphatic rings. The highest BCUT2D eigenvalue weighted by atomic mass is 16.5. The SMILES string of the molecule is CC1C/C=C\C2=C(CC1)C1(c3ccccc3Oc3ccccc31)c1cc(-c3cccc(-c4cccc(C5N=C(c6ccccc6)c6ccccc6N5)c4)c3)ccc12. The van der Waals surface area contributed by atoms with Crippen LogP contribution >= 0.6 is 0 Å². The molecule has 0 bridgehead atoms. The Morgan fingerprint density at radius 1 is 0.579 bits per heavy atom. The first-order valence-electron chi connectivity index (χ1n) is 20.3. The molecule has 1 spiro atoms. The van der Waals surface area contributed by atoms with Crippen LogP contribution in [-0.4, -0.2) is 5.71 Å². The highest BCUT2D eigenvalue weighted by molar-refractivity contribution is 6.17. The normalized spacial score (nSPS) is 19.0. The number of fused-ring (bicyclic) bond motifs is 9. The molecule has 7 aromatic carbocycles. The smallest absolute Gasteiger partial charge is 0.145 e. The maximum absolute atomic E-state index is 6.66. The lowest BCUT2D eigenvalue weighted by Crippen LogP contribution is -2.33. The number of hydrogen-bond acceptors (Lipinski definition) is 3. The van der Waals surface area contributed by atoms with Gasteiger partial charge >= 0.3 is 0 Å². The number of allylic oxidation sites excluding steroid dienone is 4. The molecule has 274 valence electrons. The maximum Gasteiger partial charge on any atom is 0.145 e. The Morgan fingerprint density at radius 3 is 2.02 bits per heavy atom.